The molecule has 0 spiro atoms. The van der Waals surface area contributed by atoms with Gasteiger partial charge in [0, 0.05) is 18.1 Å². The van der Waals surface area contributed by atoms with Gasteiger partial charge in [-0.1, -0.05) is 11.6 Å². The van der Waals surface area contributed by atoms with Gasteiger partial charge in [0.2, 0.25) is 0 Å². The first-order chi connectivity index (χ1) is 9.42. The van der Waals surface area contributed by atoms with Crippen LogP contribution in [0.15, 0.2) is 23.1 Å². The number of rotatable bonds is 5. The number of nitro benzene ring substituents is 1. The van der Waals surface area contributed by atoms with Gasteiger partial charge in [-0.15, -0.1) is 0 Å². The summed E-state index contributed by atoms with van der Waals surface area (Å²) in [6, 6.07) is 3.06. The monoisotopic (exact) mass is 336 g/mol. The first kappa shape index (κ1) is 17.3. The van der Waals surface area contributed by atoms with E-state index < -0.39 is 37.0 Å². The summed E-state index contributed by atoms with van der Waals surface area (Å²) in [5.41, 5.74) is -2.48. The molecule has 10 heteroatoms. The largest absolute Gasteiger partial charge is 0.480 e. The standard InChI is InChI=1S/C11H13ClN2O6S/c1-11(2,10(15)16)13(3)21(19,20)9-5-4-7(12)6-8(9)14(17)18/h4-6H,1-3H3,(H,15,16). The predicted octanol–water partition coefficient (Wildman–Crippen LogP) is 1.73. The van der Waals surface area contributed by atoms with E-state index in [0.717, 1.165) is 19.2 Å². The van der Waals surface area contributed by atoms with Crippen molar-refractivity contribution in [2.75, 3.05) is 7.05 Å². The van der Waals surface area contributed by atoms with E-state index in [0.29, 0.717) is 4.31 Å². The molecule has 1 rings (SSSR count). The summed E-state index contributed by atoms with van der Waals surface area (Å²) in [7, 11) is -3.34. The molecule has 21 heavy (non-hydrogen) atoms. The van der Waals surface area contributed by atoms with Gasteiger partial charge in [-0.25, -0.2) is 8.42 Å². The van der Waals surface area contributed by atoms with Crippen molar-refractivity contribution in [2.45, 2.75) is 24.3 Å². The lowest BCUT2D eigenvalue weighted by Crippen LogP contribution is -2.50. The third-order valence-electron chi connectivity index (χ3n) is 3.07. The van der Waals surface area contributed by atoms with Crippen LogP contribution in [0.1, 0.15) is 13.8 Å². The van der Waals surface area contributed by atoms with E-state index in [2.05, 4.69) is 0 Å². The number of carboxylic acids is 1. The summed E-state index contributed by atoms with van der Waals surface area (Å²) < 4.78 is 25.4. The summed E-state index contributed by atoms with van der Waals surface area (Å²) in [6.07, 6.45) is 0. The van der Waals surface area contributed by atoms with Crippen LogP contribution in [0.5, 0.6) is 0 Å². The lowest BCUT2D eigenvalue weighted by Gasteiger charge is -2.30. The number of halogens is 1. The van der Waals surface area contributed by atoms with Crippen LogP contribution >= 0.6 is 11.6 Å². The average molecular weight is 337 g/mol. The summed E-state index contributed by atoms with van der Waals surface area (Å²) in [4.78, 5) is 20.6. The minimum absolute atomic E-state index is 0.000739. The number of sulfonamides is 1. The van der Waals surface area contributed by atoms with Gasteiger partial charge in [-0.3, -0.25) is 14.9 Å². The lowest BCUT2D eigenvalue weighted by atomic mass is 10.1. The van der Waals surface area contributed by atoms with E-state index in [1.165, 1.54) is 19.9 Å². The van der Waals surface area contributed by atoms with E-state index in [9.17, 15) is 23.3 Å². The van der Waals surface area contributed by atoms with Gasteiger partial charge in [-0.05, 0) is 26.0 Å². The van der Waals surface area contributed by atoms with Gasteiger partial charge < -0.3 is 5.11 Å². The zero-order chi connectivity index (χ0) is 16.6. The SMILES string of the molecule is CN(C(C)(C)C(=O)O)S(=O)(=O)c1ccc(Cl)cc1[N+](=O)[O-]. The van der Waals surface area contributed by atoms with Crippen molar-refractivity contribution in [2.24, 2.45) is 0 Å². The first-order valence-electron chi connectivity index (χ1n) is 5.58. The second kappa shape index (κ2) is 5.58. The molecule has 0 saturated carbocycles. The van der Waals surface area contributed by atoms with Gasteiger partial charge in [0.15, 0.2) is 4.90 Å². The molecule has 0 heterocycles. The number of carbonyl (C=O) groups is 1. The van der Waals surface area contributed by atoms with Crippen molar-refractivity contribution in [3.63, 3.8) is 0 Å². The summed E-state index contributed by atoms with van der Waals surface area (Å²) >= 11 is 5.62. The topological polar surface area (TPSA) is 118 Å². The quantitative estimate of drug-likeness (QED) is 0.646. The van der Waals surface area contributed by atoms with Crippen molar-refractivity contribution in [3.8, 4) is 0 Å². The third kappa shape index (κ3) is 3.14. The Balaban J connectivity index is 3.52. The first-order valence-corrected chi connectivity index (χ1v) is 7.40. The molecule has 0 saturated heterocycles. The summed E-state index contributed by atoms with van der Waals surface area (Å²) in [5.74, 6) is -1.38. The average Bonchev–Trinajstić information content (AvgIpc) is 2.36. The number of benzene rings is 1. The molecule has 1 aromatic carbocycles. The Morgan fingerprint density at radius 2 is 1.95 bits per heavy atom. The van der Waals surface area contributed by atoms with Crippen LogP contribution in [0.25, 0.3) is 0 Å². The molecule has 1 aromatic rings. The molecule has 0 fully saturated rings. The Bertz CT molecular complexity index is 701. The second-order valence-corrected chi connectivity index (χ2v) is 7.08. The maximum absolute atomic E-state index is 12.4. The molecule has 0 atom stereocenters. The fourth-order valence-corrected chi connectivity index (χ4v) is 3.21. The molecule has 0 bridgehead atoms. The second-order valence-electron chi connectivity index (χ2n) is 4.71. The van der Waals surface area contributed by atoms with E-state index in [1.807, 2.05) is 0 Å². The van der Waals surface area contributed by atoms with Crippen LogP contribution < -0.4 is 0 Å². The van der Waals surface area contributed by atoms with E-state index in [4.69, 9.17) is 16.7 Å². The van der Waals surface area contributed by atoms with Crippen LogP contribution in [0.2, 0.25) is 5.02 Å². The fraction of sp³-hybridized carbons (Fsp3) is 0.364. The Hall–Kier alpha value is -1.71. The normalized spacial score (nSPS) is 12.4. The van der Waals surface area contributed by atoms with Crippen LogP contribution in [0, 0.1) is 10.1 Å². The molecule has 0 aliphatic rings. The molecule has 8 nitrogen and oxygen atoms in total. The highest BCUT2D eigenvalue weighted by Gasteiger charge is 2.42. The van der Waals surface area contributed by atoms with Crippen LogP contribution in [-0.2, 0) is 14.8 Å². The van der Waals surface area contributed by atoms with Crippen molar-refractivity contribution in [3.05, 3.63) is 33.3 Å². The number of aliphatic carboxylic acids is 1. The zero-order valence-corrected chi connectivity index (χ0v) is 13.0. The number of hydrogen-bond donors (Lipinski definition) is 1. The molecule has 0 aliphatic carbocycles. The van der Waals surface area contributed by atoms with Crippen LogP contribution in [0.4, 0.5) is 5.69 Å². The summed E-state index contributed by atoms with van der Waals surface area (Å²) in [6.45, 7) is 2.35. The number of carboxylic acid groups (broad SMARTS) is 1. The molecule has 0 amide bonds. The number of nitro groups is 1. The fourth-order valence-electron chi connectivity index (χ4n) is 1.43. The highest BCUT2D eigenvalue weighted by atomic mass is 35.5. The predicted molar refractivity (Wildman–Crippen MR) is 74.8 cm³/mol. The molecule has 0 aromatic heterocycles. The summed E-state index contributed by atoms with van der Waals surface area (Å²) in [5, 5.41) is 20.1. The minimum Gasteiger partial charge on any atom is -0.480 e. The van der Waals surface area contributed by atoms with Gasteiger partial charge in [0.25, 0.3) is 15.7 Å². The Morgan fingerprint density at radius 1 is 1.43 bits per heavy atom. The van der Waals surface area contributed by atoms with Gasteiger partial charge in [0.05, 0.1) is 4.92 Å². The van der Waals surface area contributed by atoms with E-state index in [1.54, 1.807) is 0 Å². The number of hydrogen-bond acceptors (Lipinski definition) is 5. The molecule has 0 aliphatic heterocycles. The molecule has 116 valence electrons. The Kier molecular flexibility index (Phi) is 4.61. The van der Waals surface area contributed by atoms with Crippen LogP contribution in [0.3, 0.4) is 0 Å². The smallest absolute Gasteiger partial charge is 0.324 e. The Morgan fingerprint density at radius 3 is 2.38 bits per heavy atom. The number of nitrogens with zero attached hydrogens (tertiary/aromatic N) is 2. The van der Waals surface area contributed by atoms with Crippen molar-refractivity contribution in [1.82, 2.24) is 4.31 Å². The van der Waals surface area contributed by atoms with Gasteiger partial charge >= 0.3 is 5.97 Å². The highest BCUT2D eigenvalue weighted by molar-refractivity contribution is 7.89. The molecular formula is C11H13ClN2O6S. The Labute approximate surface area is 126 Å². The lowest BCUT2D eigenvalue weighted by molar-refractivity contribution is -0.387. The molecular weight excluding hydrogens is 324 g/mol. The highest BCUT2D eigenvalue weighted by Crippen LogP contribution is 2.31. The van der Waals surface area contributed by atoms with Gasteiger partial charge in [-0.2, -0.15) is 4.31 Å². The minimum atomic E-state index is -4.38. The van der Waals surface area contributed by atoms with E-state index >= 15 is 0 Å². The molecule has 0 radical (unpaired) electrons. The van der Waals surface area contributed by atoms with Crippen molar-refractivity contribution >= 4 is 33.3 Å². The third-order valence-corrected chi connectivity index (χ3v) is 5.38. The van der Waals surface area contributed by atoms with E-state index in [-0.39, 0.29) is 5.02 Å². The van der Waals surface area contributed by atoms with Gasteiger partial charge in [0.1, 0.15) is 5.54 Å². The van der Waals surface area contributed by atoms with Crippen molar-refractivity contribution in [1.29, 1.82) is 0 Å². The van der Waals surface area contributed by atoms with Crippen LogP contribution in [-0.4, -0.2) is 41.3 Å². The zero-order valence-electron chi connectivity index (χ0n) is 11.4. The molecule has 0 unspecified atom stereocenters. The molecule has 1 N–H and O–H groups in total. The number of likely N-dealkylation sites (N-methyl/N-ethyl adjacent to an activating group) is 1. The maximum atomic E-state index is 12.4. The maximum Gasteiger partial charge on any atom is 0.324 e. The van der Waals surface area contributed by atoms with Crippen molar-refractivity contribution < 1.29 is 23.2 Å².